The molecule has 0 bridgehead atoms. The molecule has 0 aromatic carbocycles. The Kier molecular flexibility index (Phi) is 5.52. The topological polar surface area (TPSA) is 50.4 Å². The first-order chi connectivity index (χ1) is 7.31. The summed E-state index contributed by atoms with van der Waals surface area (Å²) in [6.45, 7) is 4.19. The van der Waals surface area contributed by atoms with Crippen molar-refractivity contribution in [3.8, 4) is 0 Å². The molecule has 0 aromatic rings. The van der Waals surface area contributed by atoms with Crippen molar-refractivity contribution in [2.45, 2.75) is 38.3 Å². The van der Waals surface area contributed by atoms with E-state index in [0.29, 0.717) is 19.3 Å². The monoisotopic (exact) mass is 248 g/mol. The van der Waals surface area contributed by atoms with Crippen LogP contribution in [-0.4, -0.2) is 37.7 Å². The number of nitrogens with one attached hydrogen (secondary N) is 2. The van der Waals surface area contributed by atoms with Crippen molar-refractivity contribution in [3.05, 3.63) is 0 Å². The Morgan fingerprint density at radius 3 is 3.00 bits per heavy atom. The molecule has 1 aliphatic heterocycles. The molecule has 1 saturated heterocycles. The summed E-state index contributed by atoms with van der Waals surface area (Å²) in [5.74, 6) is 0.835. The van der Waals surface area contributed by atoms with Crippen molar-refractivity contribution in [2.24, 2.45) is 5.92 Å². The van der Waals surface area contributed by atoms with E-state index in [4.69, 9.17) is 4.74 Å². The molecule has 5 heteroatoms. The quantitative estimate of drug-likeness (QED) is 0.770. The Balaban J connectivity index is 0.00000128. The van der Waals surface area contributed by atoms with E-state index in [1.54, 1.807) is 0 Å². The smallest absolute Gasteiger partial charge is 0.239 e. The molecular formula is C11H21ClN2O2. The van der Waals surface area contributed by atoms with E-state index >= 15 is 0 Å². The van der Waals surface area contributed by atoms with Crippen LogP contribution in [0.4, 0.5) is 0 Å². The standard InChI is InChI=1S/C11H20N2O2.ClH/c1-2-3-8-6-9(8)13-11(14)10-7-15-5-4-12-10;/h8-10,12H,2-7H2,1H3,(H,13,14);1H. The van der Waals surface area contributed by atoms with E-state index in [0.717, 1.165) is 18.9 Å². The molecule has 3 atom stereocenters. The number of hydrogen-bond donors (Lipinski definition) is 2. The van der Waals surface area contributed by atoms with Gasteiger partial charge in [0, 0.05) is 12.6 Å². The maximum Gasteiger partial charge on any atom is 0.239 e. The fourth-order valence-corrected chi connectivity index (χ4v) is 2.13. The SMILES string of the molecule is CCCC1CC1NC(=O)C1COCCN1.Cl. The van der Waals surface area contributed by atoms with Crippen LogP contribution in [0.5, 0.6) is 0 Å². The van der Waals surface area contributed by atoms with Crippen molar-refractivity contribution in [1.29, 1.82) is 0 Å². The van der Waals surface area contributed by atoms with Crippen molar-refractivity contribution in [2.75, 3.05) is 19.8 Å². The number of ether oxygens (including phenoxy) is 1. The lowest BCUT2D eigenvalue weighted by Gasteiger charge is -2.22. The van der Waals surface area contributed by atoms with Gasteiger partial charge in [0.05, 0.1) is 13.2 Å². The van der Waals surface area contributed by atoms with Gasteiger partial charge in [0.15, 0.2) is 0 Å². The third kappa shape index (κ3) is 3.61. The van der Waals surface area contributed by atoms with Gasteiger partial charge in [0.1, 0.15) is 6.04 Å². The minimum Gasteiger partial charge on any atom is -0.378 e. The molecule has 94 valence electrons. The van der Waals surface area contributed by atoms with Gasteiger partial charge >= 0.3 is 0 Å². The molecule has 2 N–H and O–H groups in total. The van der Waals surface area contributed by atoms with E-state index in [9.17, 15) is 4.79 Å². The first-order valence-electron chi connectivity index (χ1n) is 5.92. The van der Waals surface area contributed by atoms with Gasteiger partial charge in [-0.2, -0.15) is 0 Å². The summed E-state index contributed by atoms with van der Waals surface area (Å²) in [5, 5.41) is 6.24. The molecule has 1 heterocycles. The highest BCUT2D eigenvalue weighted by molar-refractivity contribution is 5.85. The molecule has 3 unspecified atom stereocenters. The van der Waals surface area contributed by atoms with Crippen LogP contribution in [-0.2, 0) is 9.53 Å². The average molecular weight is 249 g/mol. The number of rotatable bonds is 4. The number of halogens is 1. The molecule has 16 heavy (non-hydrogen) atoms. The van der Waals surface area contributed by atoms with Gasteiger partial charge in [-0.1, -0.05) is 13.3 Å². The summed E-state index contributed by atoms with van der Waals surface area (Å²) in [5.41, 5.74) is 0. The number of carbonyl (C=O) groups excluding carboxylic acids is 1. The molecule has 2 aliphatic rings. The van der Waals surface area contributed by atoms with Crippen LogP contribution in [0.2, 0.25) is 0 Å². The van der Waals surface area contributed by atoms with Gasteiger partial charge in [0.25, 0.3) is 0 Å². The van der Waals surface area contributed by atoms with Crippen LogP contribution in [0.1, 0.15) is 26.2 Å². The van der Waals surface area contributed by atoms with Gasteiger partial charge in [-0.25, -0.2) is 0 Å². The van der Waals surface area contributed by atoms with Crippen LogP contribution < -0.4 is 10.6 Å². The van der Waals surface area contributed by atoms with Gasteiger partial charge < -0.3 is 15.4 Å². The van der Waals surface area contributed by atoms with Crippen LogP contribution >= 0.6 is 12.4 Å². The molecule has 1 saturated carbocycles. The van der Waals surface area contributed by atoms with E-state index in [1.807, 2.05) is 0 Å². The number of amides is 1. The molecular weight excluding hydrogens is 228 g/mol. The molecule has 1 aliphatic carbocycles. The molecule has 2 fully saturated rings. The predicted octanol–water partition coefficient (Wildman–Crippen LogP) is 0.701. The Bertz CT molecular complexity index is 232. The lowest BCUT2D eigenvalue weighted by molar-refractivity contribution is -0.126. The van der Waals surface area contributed by atoms with Crippen molar-refractivity contribution in [1.82, 2.24) is 10.6 Å². The number of morpholine rings is 1. The Morgan fingerprint density at radius 1 is 1.56 bits per heavy atom. The maximum absolute atomic E-state index is 11.7. The molecule has 1 amide bonds. The first-order valence-corrected chi connectivity index (χ1v) is 5.92. The average Bonchev–Trinajstić information content (AvgIpc) is 2.98. The summed E-state index contributed by atoms with van der Waals surface area (Å²) in [6.07, 6.45) is 3.61. The van der Waals surface area contributed by atoms with Crippen LogP contribution in [0, 0.1) is 5.92 Å². The highest BCUT2D eigenvalue weighted by Gasteiger charge is 2.38. The molecule has 0 radical (unpaired) electrons. The highest BCUT2D eigenvalue weighted by Crippen LogP contribution is 2.34. The second kappa shape index (κ2) is 6.42. The van der Waals surface area contributed by atoms with Crippen molar-refractivity contribution < 1.29 is 9.53 Å². The summed E-state index contributed by atoms with van der Waals surface area (Å²) >= 11 is 0. The number of carbonyl (C=O) groups is 1. The lowest BCUT2D eigenvalue weighted by Crippen LogP contribution is -2.51. The van der Waals surface area contributed by atoms with E-state index in [2.05, 4.69) is 17.6 Å². The fourth-order valence-electron chi connectivity index (χ4n) is 2.13. The Morgan fingerprint density at radius 2 is 2.38 bits per heavy atom. The van der Waals surface area contributed by atoms with Gasteiger partial charge in [-0.3, -0.25) is 4.79 Å². The van der Waals surface area contributed by atoms with Crippen LogP contribution in [0.15, 0.2) is 0 Å². The zero-order valence-electron chi connectivity index (χ0n) is 9.70. The highest BCUT2D eigenvalue weighted by atomic mass is 35.5. The second-order valence-corrected chi connectivity index (χ2v) is 4.48. The van der Waals surface area contributed by atoms with E-state index < -0.39 is 0 Å². The number of hydrogen-bond acceptors (Lipinski definition) is 3. The van der Waals surface area contributed by atoms with Gasteiger partial charge in [-0.05, 0) is 18.8 Å². The summed E-state index contributed by atoms with van der Waals surface area (Å²) < 4.78 is 5.26. The third-order valence-corrected chi connectivity index (χ3v) is 3.15. The van der Waals surface area contributed by atoms with Crippen molar-refractivity contribution >= 4 is 18.3 Å². The lowest BCUT2D eigenvalue weighted by atomic mass is 10.2. The molecule has 0 aromatic heterocycles. The summed E-state index contributed by atoms with van der Waals surface area (Å²) in [6, 6.07) is 0.294. The van der Waals surface area contributed by atoms with E-state index in [-0.39, 0.29) is 24.4 Å². The zero-order valence-corrected chi connectivity index (χ0v) is 10.5. The Labute approximate surface area is 103 Å². The third-order valence-electron chi connectivity index (χ3n) is 3.15. The largest absolute Gasteiger partial charge is 0.378 e. The first kappa shape index (κ1) is 13.7. The minimum absolute atomic E-state index is 0. The van der Waals surface area contributed by atoms with Crippen molar-refractivity contribution in [3.63, 3.8) is 0 Å². The predicted molar refractivity (Wildman–Crippen MR) is 64.8 cm³/mol. The minimum atomic E-state index is -0.137. The van der Waals surface area contributed by atoms with Crippen LogP contribution in [0.25, 0.3) is 0 Å². The Hall–Kier alpha value is -0.320. The van der Waals surface area contributed by atoms with Crippen LogP contribution in [0.3, 0.4) is 0 Å². The second-order valence-electron chi connectivity index (χ2n) is 4.48. The van der Waals surface area contributed by atoms with Gasteiger partial charge in [-0.15, -0.1) is 12.4 Å². The summed E-state index contributed by atoms with van der Waals surface area (Å²) in [7, 11) is 0. The fraction of sp³-hybridized carbons (Fsp3) is 0.909. The zero-order chi connectivity index (χ0) is 10.7. The van der Waals surface area contributed by atoms with E-state index in [1.165, 1.54) is 12.8 Å². The molecule has 2 rings (SSSR count). The normalized spacial score (nSPS) is 32.7. The summed E-state index contributed by atoms with van der Waals surface area (Å²) in [4.78, 5) is 11.7. The van der Waals surface area contributed by atoms with Gasteiger partial charge in [0.2, 0.25) is 5.91 Å². The molecule has 4 nitrogen and oxygen atoms in total. The molecule has 0 spiro atoms. The maximum atomic E-state index is 11.7.